The zero-order chi connectivity index (χ0) is 41.5. The van der Waals surface area contributed by atoms with Crippen LogP contribution in [0.4, 0.5) is 34.1 Å². The molecule has 2 nitrogen and oxygen atoms in total. The van der Waals surface area contributed by atoms with Crippen LogP contribution in [0.2, 0.25) is 0 Å². The number of rotatable bonds is 11. The Balaban J connectivity index is 1.05. The van der Waals surface area contributed by atoms with Crippen LogP contribution in [0, 0.1) is 0 Å². The minimum atomic E-state index is 1.08. The van der Waals surface area contributed by atoms with Crippen molar-refractivity contribution < 1.29 is 0 Å². The lowest BCUT2D eigenvalue weighted by atomic mass is 9.99. The van der Waals surface area contributed by atoms with Crippen molar-refractivity contribution in [1.82, 2.24) is 0 Å². The van der Waals surface area contributed by atoms with Crippen LogP contribution in [0.1, 0.15) is 0 Å². The summed E-state index contributed by atoms with van der Waals surface area (Å²) in [5, 5.41) is 0. The fourth-order valence-electron chi connectivity index (χ4n) is 8.38. The molecule has 0 fully saturated rings. The summed E-state index contributed by atoms with van der Waals surface area (Å²) >= 11 is 0. The van der Waals surface area contributed by atoms with Gasteiger partial charge in [0.1, 0.15) is 0 Å². The second kappa shape index (κ2) is 17.6. The highest BCUT2D eigenvalue weighted by Crippen LogP contribution is 2.43. The summed E-state index contributed by atoms with van der Waals surface area (Å²) in [6.45, 7) is 0. The van der Waals surface area contributed by atoms with E-state index in [9.17, 15) is 0 Å². The zero-order valence-corrected chi connectivity index (χ0v) is 34.3. The van der Waals surface area contributed by atoms with E-state index in [1.807, 2.05) is 0 Å². The smallest absolute Gasteiger partial charge is 0.0540 e. The average Bonchev–Trinajstić information content (AvgIpc) is 3.36. The highest BCUT2D eigenvalue weighted by atomic mass is 15.1. The van der Waals surface area contributed by atoms with Crippen LogP contribution in [0.5, 0.6) is 0 Å². The van der Waals surface area contributed by atoms with Crippen LogP contribution in [0.15, 0.2) is 267 Å². The van der Waals surface area contributed by atoms with Crippen molar-refractivity contribution in [1.29, 1.82) is 0 Å². The fraction of sp³-hybridized carbons (Fsp3) is 0. The first-order chi connectivity index (χ1) is 30.7. The van der Waals surface area contributed by atoms with Crippen LogP contribution >= 0.6 is 0 Å². The van der Waals surface area contributed by atoms with E-state index in [4.69, 9.17) is 0 Å². The summed E-state index contributed by atoms with van der Waals surface area (Å²) in [5.74, 6) is 0. The van der Waals surface area contributed by atoms with Gasteiger partial charge in [-0.15, -0.1) is 0 Å². The van der Waals surface area contributed by atoms with Gasteiger partial charge >= 0.3 is 0 Å². The lowest BCUT2D eigenvalue weighted by Gasteiger charge is -2.28. The Morgan fingerprint density at radius 2 is 0.484 bits per heavy atom. The molecule has 0 bridgehead atoms. The van der Waals surface area contributed by atoms with Gasteiger partial charge in [0.15, 0.2) is 0 Å². The van der Waals surface area contributed by atoms with Gasteiger partial charge in [0, 0.05) is 34.0 Å². The first-order valence-electron chi connectivity index (χ1n) is 21.2. The minimum Gasteiger partial charge on any atom is -0.310 e. The second-order valence-electron chi connectivity index (χ2n) is 15.4. The van der Waals surface area contributed by atoms with Gasteiger partial charge in [-0.2, -0.15) is 0 Å². The molecule has 0 atom stereocenters. The molecular formula is C60H44N2. The Labute approximate surface area is 364 Å². The van der Waals surface area contributed by atoms with Gasteiger partial charge in [0.05, 0.1) is 5.69 Å². The number of para-hydroxylation sites is 1. The molecule has 0 unspecified atom stereocenters. The Bertz CT molecular complexity index is 3030. The van der Waals surface area contributed by atoms with E-state index >= 15 is 0 Å². The SMILES string of the molecule is c1ccc(-c2ccc(N(c3cccc(-c4ccccc4)c3)c3cccc(-c4ccc(N(c5cccc(-c6ccccc6)c5)c5ccccc5-c5ccccc5)cc4)c3)cc2)cc1. The average molecular weight is 793 g/mol. The lowest BCUT2D eigenvalue weighted by molar-refractivity contribution is 1.28. The van der Waals surface area contributed by atoms with Crippen LogP contribution in [0.25, 0.3) is 55.6 Å². The van der Waals surface area contributed by atoms with E-state index in [0.29, 0.717) is 0 Å². The van der Waals surface area contributed by atoms with Gasteiger partial charge in [-0.3, -0.25) is 0 Å². The molecule has 0 radical (unpaired) electrons. The maximum Gasteiger partial charge on any atom is 0.0540 e. The largest absolute Gasteiger partial charge is 0.310 e. The number of benzene rings is 10. The van der Waals surface area contributed by atoms with Gasteiger partial charge in [0.25, 0.3) is 0 Å². The molecule has 2 heteroatoms. The van der Waals surface area contributed by atoms with E-state index in [0.717, 1.165) is 45.3 Å². The van der Waals surface area contributed by atoms with Crippen molar-refractivity contribution in [2.45, 2.75) is 0 Å². The third-order valence-corrected chi connectivity index (χ3v) is 11.4. The molecule has 0 aromatic heterocycles. The Hall–Kier alpha value is -8.20. The second-order valence-corrected chi connectivity index (χ2v) is 15.4. The zero-order valence-electron chi connectivity index (χ0n) is 34.3. The van der Waals surface area contributed by atoms with Crippen LogP contribution in [-0.2, 0) is 0 Å². The number of nitrogens with zero attached hydrogens (tertiary/aromatic N) is 2. The molecule has 10 aromatic carbocycles. The highest BCUT2D eigenvalue weighted by molar-refractivity contribution is 5.90. The van der Waals surface area contributed by atoms with Gasteiger partial charge in [-0.05, 0) is 117 Å². The molecule has 0 saturated carbocycles. The summed E-state index contributed by atoms with van der Waals surface area (Å²) in [7, 11) is 0. The predicted octanol–water partition coefficient (Wildman–Crippen LogP) is 17.0. The molecule has 0 heterocycles. The maximum atomic E-state index is 2.38. The first-order valence-corrected chi connectivity index (χ1v) is 21.2. The molecular weight excluding hydrogens is 749 g/mol. The molecule has 0 aliphatic rings. The summed E-state index contributed by atoms with van der Waals surface area (Å²) in [6, 6.07) is 95.6. The molecule has 0 aliphatic carbocycles. The minimum absolute atomic E-state index is 1.08. The topological polar surface area (TPSA) is 6.48 Å². The number of hydrogen-bond donors (Lipinski definition) is 0. The molecule has 0 amide bonds. The molecule has 294 valence electrons. The van der Waals surface area contributed by atoms with Crippen LogP contribution < -0.4 is 9.80 Å². The fourth-order valence-corrected chi connectivity index (χ4v) is 8.38. The van der Waals surface area contributed by atoms with E-state index in [-0.39, 0.29) is 0 Å². The van der Waals surface area contributed by atoms with Crippen LogP contribution in [0.3, 0.4) is 0 Å². The van der Waals surface area contributed by atoms with Crippen molar-refractivity contribution in [2.24, 2.45) is 0 Å². The normalized spacial score (nSPS) is 10.9. The van der Waals surface area contributed by atoms with Crippen LogP contribution in [-0.4, -0.2) is 0 Å². The highest BCUT2D eigenvalue weighted by Gasteiger charge is 2.19. The van der Waals surface area contributed by atoms with Crippen molar-refractivity contribution in [3.05, 3.63) is 267 Å². The van der Waals surface area contributed by atoms with Crippen molar-refractivity contribution in [3.63, 3.8) is 0 Å². The summed E-state index contributed by atoms with van der Waals surface area (Å²) in [5.41, 5.74) is 18.3. The van der Waals surface area contributed by atoms with Gasteiger partial charge in [0.2, 0.25) is 0 Å². The van der Waals surface area contributed by atoms with E-state index < -0.39 is 0 Å². The van der Waals surface area contributed by atoms with Gasteiger partial charge < -0.3 is 9.80 Å². The number of hydrogen-bond acceptors (Lipinski definition) is 2. The van der Waals surface area contributed by atoms with Crippen molar-refractivity contribution >= 4 is 34.1 Å². The Morgan fingerprint density at radius 1 is 0.177 bits per heavy atom. The lowest BCUT2D eigenvalue weighted by Crippen LogP contribution is -2.11. The van der Waals surface area contributed by atoms with E-state index in [1.54, 1.807) is 0 Å². The Kier molecular flexibility index (Phi) is 10.8. The molecule has 0 saturated heterocycles. The van der Waals surface area contributed by atoms with E-state index in [1.165, 1.54) is 44.5 Å². The molecule has 62 heavy (non-hydrogen) atoms. The molecule has 10 aromatic rings. The quantitative estimate of drug-likeness (QED) is 0.129. The molecule has 0 spiro atoms. The predicted molar refractivity (Wildman–Crippen MR) is 263 cm³/mol. The molecule has 0 aliphatic heterocycles. The first kappa shape index (κ1) is 38.0. The van der Waals surface area contributed by atoms with Gasteiger partial charge in [-0.25, -0.2) is 0 Å². The summed E-state index contributed by atoms with van der Waals surface area (Å²) < 4.78 is 0. The van der Waals surface area contributed by atoms with Crippen molar-refractivity contribution in [3.8, 4) is 55.6 Å². The summed E-state index contributed by atoms with van der Waals surface area (Å²) in [4.78, 5) is 4.75. The maximum absolute atomic E-state index is 2.38. The third-order valence-electron chi connectivity index (χ3n) is 11.4. The Morgan fingerprint density at radius 3 is 0.935 bits per heavy atom. The third kappa shape index (κ3) is 8.06. The molecule has 10 rings (SSSR count). The number of anilines is 6. The standard InChI is InChI=1S/C60H44N2/c1-5-18-45(19-6-1)48-34-38-54(39-35-48)61(56-29-15-26-51(42-56)46-20-7-2-8-21-46)57-30-16-28-53(43-57)49-36-40-55(41-37-49)62(58-31-17-27-52(44-58)47-22-9-3-10-23-47)60-33-14-13-32-59(60)50-24-11-4-12-25-50/h1-44H. The summed E-state index contributed by atoms with van der Waals surface area (Å²) in [6.07, 6.45) is 0. The van der Waals surface area contributed by atoms with Gasteiger partial charge in [-0.1, -0.05) is 200 Å². The monoisotopic (exact) mass is 792 g/mol. The van der Waals surface area contributed by atoms with E-state index in [2.05, 4.69) is 277 Å². The molecule has 0 N–H and O–H groups in total. The van der Waals surface area contributed by atoms with Crippen molar-refractivity contribution in [2.75, 3.05) is 9.80 Å².